The molecule has 0 atom stereocenters. The Morgan fingerprint density at radius 1 is 0.920 bits per heavy atom. The molecule has 1 heterocycles. The molecule has 0 spiro atoms. The van der Waals surface area contributed by atoms with E-state index in [0.29, 0.717) is 22.7 Å². The summed E-state index contributed by atoms with van der Waals surface area (Å²) in [6, 6.07) is 16.3. The number of methoxy groups -OCH3 is 1. The van der Waals surface area contributed by atoms with Crippen LogP contribution in [0.2, 0.25) is 0 Å². The molecule has 0 bridgehead atoms. The lowest BCUT2D eigenvalue weighted by Crippen LogP contribution is -2.11. The molecule has 1 aromatic heterocycles. The highest BCUT2D eigenvalue weighted by Crippen LogP contribution is 2.19. The Kier molecular flexibility index (Phi) is 4.80. The van der Waals surface area contributed by atoms with Crippen LogP contribution in [-0.4, -0.2) is 19.0 Å². The van der Waals surface area contributed by atoms with Gasteiger partial charge in [-0.15, -0.1) is 0 Å². The molecule has 0 aliphatic heterocycles. The molecule has 0 aliphatic rings. The largest absolute Gasteiger partial charge is 0.497 e. The van der Waals surface area contributed by atoms with Gasteiger partial charge in [0.25, 0.3) is 5.91 Å². The van der Waals surface area contributed by atoms with Crippen LogP contribution in [0.15, 0.2) is 71.3 Å². The summed E-state index contributed by atoms with van der Waals surface area (Å²) >= 11 is 0. The molecule has 6 nitrogen and oxygen atoms in total. The van der Waals surface area contributed by atoms with Gasteiger partial charge in [0.1, 0.15) is 11.5 Å². The Balaban J connectivity index is 1.61. The lowest BCUT2D eigenvalue weighted by Gasteiger charge is -2.07. The van der Waals surface area contributed by atoms with Gasteiger partial charge in [-0.3, -0.25) is 4.79 Å². The van der Waals surface area contributed by atoms with Crippen LogP contribution in [0.25, 0.3) is 0 Å². The number of benzene rings is 2. The summed E-state index contributed by atoms with van der Waals surface area (Å²) in [5, 5.41) is 2.68. The Labute approximate surface area is 144 Å². The minimum atomic E-state index is -0.477. The van der Waals surface area contributed by atoms with Gasteiger partial charge in [-0.05, 0) is 60.7 Å². The predicted octanol–water partition coefficient (Wildman–Crippen LogP) is 3.76. The van der Waals surface area contributed by atoms with Crippen LogP contribution in [0.4, 0.5) is 5.69 Å². The van der Waals surface area contributed by atoms with Crippen molar-refractivity contribution >= 4 is 17.6 Å². The Morgan fingerprint density at radius 3 is 2.20 bits per heavy atom. The van der Waals surface area contributed by atoms with Crippen molar-refractivity contribution < 1.29 is 23.5 Å². The highest BCUT2D eigenvalue weighted by Gasteiger charge is 2.11. The zero-order chi connectivity index (χ0) is 17.6. The second-order valence-corrected chi connectivity index (χ2v) is 5.07. The first-order chi connectivity index (χ1) is 12.2. The molecule has 1 N–H and O–H groups in total. The van der Waals surface area contributed by atoms with Crippen LogP contribution in [0.3, 0.4) is 0 Å². The second kappa shape index (κ2) is 7.35. The number of carbonyl (C=O) groups is 2. The normalized spacial score (nSPS) is 10.1. The lowest BCUT2D eigenvalue weighted by molar-refractivity contribution is 0.0734. The molecule has 3 rings (SSSR count). The summed E-state index contributed by atoms with van der Waals surface area (Å²) in [7, 11) is 1.56. The number of nitrogens with one attached hydrogen (secondary N) is 1. The number of amides is 1. The molecule has 0 radical (unpaired) electrons. The van der Waals surface area contributed by atoms with E-state index in [1.165, 1.54) is 6.26 Å². The highest BCUT2D eigenvalue weighted by molar-refractivity contribution is 6.02. The zero-order valence-corrected chi connectivity index (χ0v) is 13.4. The van der Waals surface area contributed by atoms with Gasteiger partial charge < -0.3 is 19.2 Å². The number of hydrogen-bond acceptors (Lipinski definition) is 5. The van der Waals surface area contributed by atoms with Crippen molar-refractivity contribution in [3.63, 3.8) is 0 Å². The van der Waals surface area contributed by atoms with Crippen LogP contribution in [-0.2, 0) is 0 Å². The minimum Gasteiger partial charge on any atom is -0.497 e. The van der Waals surface area contributed by atoms with Crippen molar-refractivity contribution in [2.45, 2.75) is 0 Å². The van der Waals surface area contributed by atoms with Crippen LogP contribution < -0.4 is 14.8 Å². The van der Waals surface area contributed by atoms with Crippen LogP contribution in [0.1, 0.15) is 20.9 Å². The molecular weight excluding hydrogens is 322 g/mol. The average Bonchev–Trinajstić information content (AvgIpc) is 3.18. The van der Waals surface area contributed by atoms with Gasteiger partial charge in [-0.25, -0.2) is 4.79 Å². The Bertz CT molecular complexity index is 852. The van der Waals surface area contributed by atoms with Crippen molar-refractivity contribution in [1.82, 2.24) is 0 Å². The molecule has 0 saturated heterocycles. The smallest absolute Gasteiger partial charge is 0.343 e. The van der Waals surface area contributed by atoms with Gasteiger partial charge >= 0.3 is 5.97 Å². The van der Waals surface area contributed by atoms with Crippen molar-refractivity contribution in [2.24, 2.45) is 0 Å². The van der Waals surface area contributed by atoms with Crippen LogP contribution in [0, 0.1) is 0 Å². The molecule has 0 saturated carbocycles. The maximum atomic E-state index is 12.1. The summed E-state index contributed by atoms with van der Waals surface area (Å²) in [6.45, 7) is 0. The number of carbonyl (C=O) groups excluding carboxylic acids is 2. The van der Waals surface area contributed by atoms with E-state index in [4.69, 9.17) is 13.9 Å². The SMILES string of the molecule is COc1ccc(C(=O)Oc2ccc(NC(=O)c3ccco3)cc2)cc1. The fourth-order valence-electron chi connectivity index (χ4n) is 2.10. The molecule has 0 fully saturated rings. The maximum Gasteiger partial charge on any atom is 0.343 e. The van der Waals surface area contributed by atoms with Gasteiger partial charge in [0.2, 0.25) is 0 Å². The topological polar surface area (TPSA) is 77.8 Å². The fraction of sp³-hybridized carbons (Fsp3) is 0.0526. The van der Waals surface area contributed by atoms with E-state index in [9.17, 15) is 9.59 Å². The van der Waals surface area contributed by atoms with Gasteiger partial charge in [-0.1, -0.05) is 0 Å². The van der Waals surface area contributed by atoms with Crippen molar-refractivity contribution in [3.05, 3.63) is 78.3 Å². The Morgan fingerprint density at radius 2 is 1.60 bits per heavy atom. The molecule has 1 amide bonds. The predicted molar refractivity (Wildman–Crippen MR) is 91.1 cm³/mol. The summed E-state index contributed by atoms with van der Waals surface area (Å²) < 4.78 is 15.4. The van der Waals surface area contributed by atoms with E-state index >= 15 is 0 Å². The van der Waals surface area contributed by atoms with Crippen LogP contribution in [0.5, 0.6) is 11.5 Å². The standard InChI is InChI=1S/C19H15NO5/c1-23-15-8-4-13(5-9-15)19(22)25-16-10-6-14(7-11-16)20-18(21)17-3-2-12-24-17/h2-12H,1H3,(H,20,21). The van der Waals surface area contributed by atoms with E-state index in [0.717, 1.165) is 0 Å². The van der Waals surface area contributed by atoms with E-state index in [1.54, 1.807) is 67.8 Å². The molecule has 0 aliphatic carbocycles. The highest BCUT2D eigenvalue weighted by atomic mass is 16.5. The number of furan rings is 1. The average molecular weight is 337 g/mol. The molecule has 126 valence electrons. The maximum absolute atomic E-state index is 12.1. The molecule has 25 heavy (non-hydrogen) atoms. The molecule has 0 unspecified atom stereocenters. The summed E-state index contributed by atoms with van der Waals surface area (Å²) in [5.74, 6) is 0.419. The molecule has 6 heteroatoms. The second-order valence-electron chi connectivity index (χ2n) is 5.07. The quantitative estimate of drug-likeness (QED) is 0.566. The van der Waals surface area contributed by atoms with E-state index < -0.39 is 5.97 Å². The van der Waals surface area contributed by atoms with Crippen molar-refractivity contribution in [2.75, 3.05) is 12.4 Å². The van der Waals surface area contributed by atoms with E-state index in [-0.39, 0.29) is 11.7 Å². The third kappa shape index (κ3) is 4.06. The number of hydrogen-bond donors (Lipinski definition) is 1. The molecule has 2 aromatic carbocycles. The first-order valence-corrected chi connectivity index (χ1v) is 7.47. The number of anilines is 1. The first kappa shape index (κ1) is 16.3. The van der Waals surface area contributed by atoms with Gasteiger partial charge in [0.05, 0.1) is 18.9 Å². The number of esters is 1. The van der Waals surface area contributed by atoms with Crippen LogP contribution >= 0.6 is 0 Å². The number of ether oxygens (including phenoxy) is 2. The zero-order valence-electron chi connectivity index (χ0n) is 13.4. The van der Waals surface area contributed by atoms with Gasteiger partial charge in [0.15, 0.2) is 5.76 Å². The third-order valence-electron chi connectivity index (χ3n) is 3.39. The first-order valence-electron chi connectivity index (χ1n) is 7.47. The summed E-state index contributed by atoms with van der Waals surface area (Å²) in [6.07, 6.45) is 1.43. The van der Waals surface area contributed by atoms with Gasteiger partial charge in [-0.2, -0.15) is 0 Å². The summed E-state index contributed by atoms with van der Waals surface area (Å²) in [5.41, 5.74) is 0.974. The third-order valence-corrected chi connectivity index (χ3v) is 3.39. The number of rotatable bonds is 5. The minimum absolute atomic E-state index is 0.218. The summed E-state index contributed by atoms with van der Waals surface area (Å²) in [4.78, 5) is 24.0. The molecule has 3 aromatic rings. The van der Waals surface area contributed by atoms with E-state index in [2.05, 4.69) is 5.32 Å². The Hall–Kier alpha value is -3.54. The van der Waals surface area contributed by atoms with Gasteiger partial charge in [0, 0.05) is 5.69 Å². The lowest BCUT2D eigenvalue weighted by atomic mass is 10.2. The van der Waals surface area contributed by atoms with E-state index in [1.807, 2.05) is 0 Å². The van der Waals surface area contributed by atoms with Crippen molar-refractivity contribution in [1.29, 1.82) is 0 Å². The molecular formula is C19H15NO5. The fourth-order valence-corrected chi connectivity index (χ4v) is 2.10. The monoisotopic (exact) mass is 337 g/mol. The van der Waals surface area contributed by atoms with Crippen molar-refractivity contribution in [3.8, 4) is 11.5 Å².